The van der Waals surface area contributed by atoms with E-state index < -0.39 is 10.8 Å². The van der Waals surface area contributed by atoms with Gasteiger partial charge in [0.15, 0.2) is 5.76 Å². The number of nitrogens with one attached hydrogen (secondary N) is 1. The lowest BCUT2D eigenvalue weighted by molar-refractivity contribution is -0.384. The zero-order valence-corrected chi connectivity index (χ0v) is 12.2. The summed E-state index contributed by atoms with van der Waals surface area (Å²) in [6, 6.07) is 12.5. The third-order valence-corrected chi connectivity index (χ3v) is 3.07. The van der Waals surface area contributed by atoms with E-state index in [0.29, 0.717) is 17.1 Å². The van der Waals surface area contributed by atoms with Gasteiger partial charge >= 0.3 is 5.91 Å². The van der Waals surface area contributed by atoms with Gasteiger partial charge in [-0.25, -0.2) is 5.43 Å². The van der Waals surface area contributed by atoms with Crippen LogP contribution < -0.4 is 5.43 Å². The zero-order valence-electron chi connectivity index (χ0n) is 12.2. The van der Waals surface area contributed by atoms with Gasteiger partial charge in [0.1, 0.15) is 11.5 Å². The molecule has 1 amide bonds. The van der Waals surface area contributed by atoms with Crippen LogP contribution in [0.25, 0.3) is 11.3 Å². The van der Waals surface area contributed by atoms with Crippen molar-refractivity contribution in [3.05, 3.63) is 76.4 Å². The summed E-state index contributed by atoms with van der Waals surface area (Å²) < 4.78 is 10.5. The van der Waals surface area contributed by atoms with Gasteiger partial charge in [0.25, 0.3) is 5.69 Å². The molecule has 2 aromatic heterocycles. The Balaban J connectivity index is 1.69. The fraction of sp³-hybridized carbons (Fsp3) is 0. The molecule has 0 unspecified atom stereocenters. The second kappa shape index (κ2) is 6.61. The Labute approximate surface area is 135 Å². The molecule has 0 aliphatic heterocycles. The number of hydrazone groups is 1. The highest BCUT2D eigenvalue weighted by molar-refractivity contribution is 5.92. The van der Waals surface area contributed by atoms with Crippen molar-refractivity contribution in [3.8, 4) is 11.3 Å². The van der Waals surface area contributed by atoms with E-state index in [1.54, 1.807) is 30.3 Å². The van der Waals surface area contributed by atoms with Crippen molar-refractivity contribution < 1.29 is 18.6 Å². The third kappa shape index (κ3) is 3.38. The standard InChI is InChI=1S/C16H11N3O5/c20-16(15-5-2-8-23-15)18-17-10-13-6-7-14(24-13)11-3-1-4-12(9-11)19(21)22/h1-10H,(H,18,20)/b17-10+. The summed E-state index contributed by atoms with van der Waals surface area (Å²) in [7, 11) is 0. The average molecular weight is 325 g/mol. The summed E-state index contributed by atoms with van der Waals surface area (Å²) in [6.45, 7) is 0. The molecule has 0 radical (unpaired) electrons. The molecule has 0 saturated heterocycles. The SMILES string of the molecule is O=C(N/N=C/c1ccc(-c2cccc([N+](=O)[O-])c2)o1)c1ccco1. The van der Waals surface area contributed by atoms with Crippen molar-refractivity contribution in [3.63, 3.8) is 0 Å². The molecule has 8 nitrogen and oxygen atoms in total. The Kier molecular flexibility index (Phi) is 4.19. The topological polar surface area (TPSA) is 111 Å². The number of carbonyl (C=O) groups is 1. The number of benzene rings is 1. The van der Waals surface area contributed by atoms with E-state index in [-0.39, 0.29) is 11.4 Å². The molecule has 3 rings (SSSR count). The smallest absolute Gasteiger partial charge is 0.307 e. The number of rotatable bonds is 5. The number of nitro groups is 1. The molecule has 0 saturated carbocycles. The van der Waals surface area contributed by atoms with Gasteiger partial charge in [-0.1, -0.05) is 12.1 Å². The largest absolute Gasteiger partial charge is 0.459 e. The van der Waals surface area contributed by atoms with E-state index in [9.17, 15) is 14.9 Å². The quantitative estimate of drug-likeness (QED) is 0.440. The molecule has 0 aliphatic carbocycles. The number of furan rings is 2. The fourth-order valence-electron chi connectivity index (χ4n) is 1.97. The van der Waals surface area contributed by atoms with Gasteiger partial charge in [-0.15, -0.1) is 0 Å². The Morgan fingerprint density at radius 3 is 2.83 bits per heavy atom. The van der Waals surface area contributed by atoms with Crippen molar-refractivity contribution in [1.29, 1.82) is 0 Å². The Morgan fingerprint density at radius 1 is 1.21 bits per heavy atom. The van der Waals surface area contributed by atoms with Gasteiger partial charge < -0.3 is 8.83 Å². The Morgan fingerprint density at radius 2 is 2.08 bits per heavy atom. The van der Waals surface area contributed by atoms with Crippen LogP contribution >= 0.6 is 0 Å². The number of hydrogen-bond acceptors (Lipinski definition) is 6. The summed E-state index contributed by atoms with van der Waals surface area (Å²) in [5.41, 5.74) is 2.84. The minimum atomic E-state index is -0.485. The maximum absolute atomic E-state index is 11.6. The van der Waals surface area contributed by atoms with E-state index in [4.69, 9.17) is 8.83 Å². The summed E-state index contributed by atoms with van der Waals surface area (Å²) in [5.74, 6) is 0.499. The van der Waals surface area contributed by atoms with Crippen molar-refractivity contribution in [1.82, 2.24) is 5.43 Å². The molecule has 0 fully saturated rings. The van der Waals surface area contributed by atoms with E-state index >= 15 is 0 Å². The maximum atomic E-state index is 11.6. The van der Waals surface area contributed by atoms with Gasteiger partial charge in [0.05, 0.1) is 17.4 Å². The van der Waals surface area contributed by atoms with E-state index in [1.165, 1.54) is 30.7 Å². The first-order chi connectivity index (χ1) is 11.6. The molecule has 2 heterocycles. The van der Waals surface area contributed by atoms with Gasteiger partial charge in [0.2, 0.25) is 0 Å². The molecule has 0 spiro atoms. The van der Waals surface area contributed by atoms with Gasteiger partial charge in [-0.2, -0.15) is 5.10 Å². The second-order valence-corrected chi connectivity index (χ2v) is 4.69. The summed E-state index contributed by atoms with van der Waals surface area (Å²) in [5, 5.41) is 14.6. The first kappa shape index (κ1) is 15.2. The minimum absolute atomic E-state index is 0.0233. The number of hydrogen-bond donors (Lipinski definition) is 1. The summed E-state index contributed by atoms with van der Waals surface area (Å²) in [6.07, 6.45) is 2.71. The first-order valence-electron chi connectivity index (χ1n) is 6.85. The molecule has 3 aromatic rings. The highest BCUT2D eigenvalue weighted by Gasteiger charge is 2.10. The maximum Gasteiger partial charge on any atom is 0.307 e. The molecule has 0 atom stereocenters. The predicted octanol–water partition coefficient (Wildman–Crippen LogP) is 3.21. The van der Waals surface area contributed by atoms with E-state index in [0.717, 1.165) is 0 Å². The monoisotopic (exact) mass is 325 g/mol. The highest BCUT2D eigenvalue weighted by Crippen LogP contribution is 2.25. The molecule has 0 bridgehead atoms. The number of amides is 1. The van der Waals surface area contributed by atoms with E-state index in [2.05, 4.69) is 10.5 Å². The van der Waals surface area contributed by atoms with Crippen molar-refractivity contribution in [2.45, 2.75) is 0 Å². The van der Waals surface area contributed by atoms with Crippen LogP contribution in [-0.2, 0) is 0 Å². The Hall–Kier alpha value is -3.68. The number of non-ortho nitro benzene ring substituents is 1. The zero-order chi connectivity index (χ0) is 16.9. The van der Waals surface area contributed by atoms with Crippen LogP contribution in [0.4, 0.5) is 5.69 Å². The van der Waals surface area contributed by atoms with Crippen LogP contribution in [-0.4, -0.2) is 17.0 Å². The predicted molar refractivity (Wildman–Crippen MR) is 84.6 cm³/mol. The van der Waals surface area contributed by atoms with Crippen molar-refractivity contribution in [2.24, 2.45) is 5.10 Å². The molecule has 0 aliphatic rings. The lowest BCUT2D eigenvalue weighted by Gasteiger charge is -1.97. The fourth-order valence-corrected chi connectivity index (χ4v) is 1.97. The molecular formula is C16H11N3O5. The van der Waals surface area contributed by atoms with E-state index in [1.807, 2.05) is 0 Å². The lowest BCUT2D eigenvalue weighted by Crippen LogP contribution is -2.16. The van der Waals surface area contributed by atoms with Crippen LogP contribution in [0.15, 0.2) is 68.7 Å². The van der Waals surface area contributed by atoms with Crippen molar-refractivity contribution in [2.75, 3.05) is 0 Å². The van der Waals surface area contributed by atoms with Crippen LogP contribution in [0.5, 0.6) is 0 Å². The minimum Gasteiger partial charge on any atom is -0.459 e. The number of nitro benzene ring substituents is 1. The lowest BCUT2D eigenvalue weighted by atomic mass is 10.1. The molecule has 1 N–H and O–H groups in total. The first-order valence-corrected chi connectivity index (χ1v) is 6.85. The van der Waals surface area contributed by atoms with Crippen molar-refractivity contribution >= 4 is 17.8 Å². The van der Waals surface area contributed by atoms with Gasteiger partial charge in [-0.3, -0.25) is 14.9 Å². The normalized spacial score (nSPS) is 10.8. The van der Waals surface area contributed by atoms with Gasteiger partial charge in [-0.05, 0) is 24.3 Å². The molecule has 24 heavy (non-hydrogen) atoms. The summed E-state index contributed by atoms with van der Waals surface area (Å²) in [4.78, 5) is 21.9. The molecular weight excluding hydrogens is 314 g/mol. The van der Waals surface area contributed by atoms with Crippen LogP contribution in [0.1, 0.15) is 16.3 Å². The highest BCUT2D eigenvalue weighted by atomic mass is 16.6. The summed E-state index contributed by atoms with van der Waals surface area (Å²) >= 11 is 0. The second-order valence-electron chi connectivity index (χ2n) is 4.69. The molecule has 120 valence electrons. The third-order valence-electron chi connectivity index (χ3n) is 3.07. The molecule has 8 heteroatoms. The van der Waals surface area contributed by atoms with Crippen LogP contribution in [0, 0.1) is 10.1 Å². The Bertz CT molecular complexity index is 896. The average Bonchev–Trinajstić information content (AvgIpc) is 3.27. The van der Waals surface area contributed by atoms with Crippen LogP contribution in [0.2, 0.25) is 0 Å². The number of carbonyl (C=O) groups excluding carboxylic acids is 1. The van der Waals surface area contributed by atoms with Crippen LogP contribution in [0.3, 0.4) is 0 Å². The number of nitrogens with zero attached hydrogens (tertiary/aromatic N) is 2. The van der Waals surface area contributed by atoms with Gasteiger partial charge in [0, 0.05) is 17.7 Å². The molecule has 1 aromatic carbocycles.